The van der Waals surface area contributed by atoms with Gasteiger partial charge in [0.2, 0.25) is 0 Å². The van der Waals surface area contributed by atoms with Crippen molar-refractivity contribution in [2.45, 2.75) is 32.4 Å². The molecule has 0 fully saturated rings. The lowest BCUT2D eigenvalue weighted by Gasteiger charge is -2.24. The molecule has 1 heterocycles. The van der Waals surface area contributed by atoms with E-state index in [0.717, 1.165) is 0 Å². The lowest BCUT2D eigenvalue weighted by molar-refractivity contribution is -0.142. The summed E-state index contributed by atoms with van der Waals surface area (Å²) in [4.78, 5) is 3.69. The Morgan fingerprint density at radius 2 is 1.78 bits per heavy atom. The number of halogens is 3. The standard InChI is InChI=1S/C13H17F3N2/c1-8(17-5)10-7-6-9(12(2,3)4)11(18-10)13(14,15)16/h6-7,17H,1H2,2-5H3. The van der Waals surface area contributed by atoms with Crippen molar-refractivity contribution >= 4 is 5.70 Å². The SMILES string of the molecule is C=C(NC)c1ccc(C(C)(C)C)c(C(F)(F)F)n1. The zero-order chi connectivity index (χ0) is 14.1. The van der Waals surface area contributed by atoms with Crippen molar-refractivity contribution in [3.05, 3.63) is 35.7 Å². The Morgan fingerprint density at radius 1 is 1.22 bits per heavy atom. The van der Waals surface area contributed by atoms with Crippen molar-refractivity contribution < 1.29 is 13.2 Å². The zero-order valence-electron chi connectivity index (χ0n) is 10.9. The average Bonchev–Trinajstić information content (AvgIpc) is 2.24. The van der Waals surface area contributed by atoms with Gasteiger partial charge in [0.15, 0.2) is 0 Å². The second-order valence-corrected chi connectivity index (χ2v) is 5.07. The summed E-state index contributed by atoms with van der Waals surface area (Å²) in [6.07, 6.45) is -4.47. The number of hydrogen-bond acceptors (Lipinski definition) is 2. The molecule has 0 amide bonds. The van der Waals surface area contributed by atoms with E-state index < -0.39 is 17.3 Å². The van der Waals surface area contributed by atoms with E-state index in [-0.39, 0.29) is 11.3 Å². The van der Waals surface area contributed by atoms with Gasteiger partial charge in [0.1, 0.15) is 5.69 Å². The van der Waals surface area contributed by atoms with Gasteiger partial charge in [-0.05, 0) is 17.0 Å². The highest BCUT2D eigenvalue weighted by molar-refractivity contribution is 5.58. The minimum absolute atomic E-state index is 0.183. The minimum Gasteiger partial charge on any atom is -0.387 e. The Hall–Kier alpha value is -1.52. The summed E-state index contributed by atoms with van der Waals surface area (Å²) >= 11 is 0. The fourth-order valence-corrected chi connectivity index (χ4v) is 1.58. The molecule has 2 nitrogen and oxygen atoms in total. The highest BCUT2D eigenvalue weighted by Gasteiger charge is 2.38. The predicted octanol–water partition coefficient (Wildman–Crippen LogP) is 3.59. The molecule has 0 aliphatic carbocycles. The Labute approximate surface area is 105 Å². The Bertz CT molecular complexity index is 456. The maximum absolute atomic E-state index is 13.0. The summed E-state index contributed by atoms with van der Waals surface area (Å²) in [5.74, 6) is 0. The van der Waals surface area contributed by atoms with Crippen molar-refractivity contribution in [3.63, 3.8) is 0 Å². The zero-order valence-corrected chi connectivity index (χ0v) is 10.9. The van der Waals surface area contributed by atoms with Crippen LogP contribution in [0.15, 0.2) is 18.7 Å². The molecule has 5 heteroatoms. The number of alkyl halides is 3. The summed E-state index contributed by atoms with van der Waals surface area (Å²) in [5, 5.41) is 2.69. The van der Waals surface area contributed by atoms with E-state index in [1.54, 1.807) is 33.9 Å². The highest BCUT2D eigenvalue weighted by atomic mass is 19.4. The second kappa shape index (κ2) is 4.63. The van der Waals surface area contributed by atoms with E-state index in [9.17, 15) is 13.2 Å². The van der Waals surface area contributed by atoms with Crippen LogP contribution in [0.4, 0.5) is 13.2 Å². The van der Waals surface area contributed by atoms with Gasteiger partial charge in [-0.3, -0.25) is 0 Å². The van der Waals surface area contributed by atoms with Crippen LogP contribution in [0.1, 0.15) is 37.7 Å². The van der Waals surface area contributed by atoms with Gasteiger partial charge in [-0.2, -0.15) is 13.2 Å². The smallest absolute Gasteiger partial charge is 0.387 e. The van der Waals surface area contributed by atoms with Crippen LogP contribution in [0.2, 0.25) is 0 Å². The van der Waals surface area contributed by atoms with Gasteiger partial charge in [-0.1, -0.05) is 33.4 Å². The molecule has 0 aromatic carbocycles. The van der Waals surface area contributed by atoms with Crippen molar-refractivity contribution in [3.8, 4) is 0 Å². The van der Waals surface area contributed by atoms with Crippen molar-refractivity contribution in [1.82, 2.24) is 10.3 Å². The highest BCUT2D eigenvalue weighted by Crippen LogP contribution is 2.36. The topological polar surface area (TPSA) is 24.9 Å². The molecule has 0 spiro atoms. The van der Waals surface area contributed by atoms with Crippen LogP contribution < -0.4 is 5.32 Å². The van der Waals surface area contributed by atoms with Crippen LogP contribution in [0.5, 0.6) is 0 Å². The number of hydrogen-bond donors (Lipinski definition) is 1. The molecule has 1 N–H and O–H groups in total. The molecule has 0 radical (unpaired) electrons. The first kappa shape index (κ1) is 14.5. The van der Waals surface area contributed by atoms with E-state index in [1.165, 1.54) is 6.07 Å². The monoisotopic (exact) mass is 258 g/mol. The van der Waals surface area contributed by atoms with E-state index >= 15 is 0 Å². The van der Waals surface area contributed by atoms with Crippen molar-refractivity contribution in [2.24, 2.45) is 0 Å². The normalized spacial score (nSPS) is 12.4. The summed E-state index contributed by atoms with van der Waals surface area (Å²) < 4.78 is 39.0. The van der Waals surface area contributed by atoms with Gasteiger partial charge < -0.3 is 5.32 Å². The largest absolute Gasteiger partial charge is 0.433 e. The maximum Gasteiger partial charge on any atom is 0.433 e. The van der Waals surface area contributed by atoms with Gasteiger partial charge in [-0.15, -0.1) is 0 Å². The van der Waals surface area contributed by atoms with Crippen molar-refractivity contribution in [2.75, 3.05) is 7.05 Å². The van der Waals surface area contributed by atoms with Crippen LogP contribution in [0.25, 0.3) is 5.70 Å². The molecule has 1 rings (SSSR count). The second-order valence-electron chi connectivity index (χ2n) is 5.07. The molecule has 1 aromatic heterocycles. The molecule has 1 aromatic rings. The molecular formula is C13H17F3N2. The number of nitrogens with zero attached hydrogens (tertiary/aromatic N) is 1. The fraction of sp³-hybridized carbons (Fsp3) is 0.462. The first-order valence-electron chi connectivity index (χ1n) is 5.53. The lowest BCUT2D eigenvalue weighted by atomic mass is 9.85. The van der Waals surface area contributed by atoms with E-state index in [0.29, 0.717) is 5.70 Å². The fourth-order valence-electron chi connectivity index (χ4n) is 1.58. The minimum atomic E-state index is -4.47. The molecule has 0 bridgehead atoms. The molecule has 0 atom stereocenters. The van der Waals surface area contributed by atoms with Crippen LogP contribution in [0.3, 0.4) is 0 Å². The van der Waals surface area contributed by atoms with Crippen LogP contribution >= 0.6 is 0 Å². The van der Waals surface area contributed by atoms with E-state index in [1.807, 2.05) is 0 Å². The molecule has 0 aliphatic heterocycles. The maximum atomic E-state index is 13.0. The third-order valence-electron chi connectivity index (χ3n) is 2.58. The summed E-state index contributed by atoms with van der Waals surface area (Å²) in [6, 6.07) is 3.02. The summed E-state index contributed by atoms with van der Waals surface area (Å²) in [7, 11) is 1.59. The van der Waals surface area contributed by atoms with Gasteiger partial charge in [0.05, 0.1) is 11.4 Å². The number of aromatic nitrogens is 1. The number of nitrogens with one attached hydrogen (secondary N) is 1. The Kier molecular flexibility index (Phi) is 3.74. The van der Waals surface area contributed by atoms with E-state index in [4.69, 9.17) is 0 Å². The average molecular weight is 258 g/mol. The number of rotatable bonds is 2. The molecular weight excluding hydrogens is 241 g/mol. The molecule has 0 saturated heterocycles. The third-order valence-corrected chi connectivity index (χ3v) is 2.58. The van der Waals surface area contributed by atoms with Gasteiger partial charge in [-0.25, -0.2) is 4.98 Å². The summed E-state index contributed by atoms with van der Waals surface area (Å²) in [6.45, 7) is 8.80. The first-order valence-corrected chi connectivity index (χ1v) is 5.53. The third kappa shape index (κ3) is 3.03. The Balaban J connectivity index is 3.45. The van der Waals surface area contributed by atoms with Crippen LogP contribution in [-0.4, -0.2) is 12.0 Å². The van der Waals surface area contributed by atoms with Crippen LogP contribution in [0, 0.1) is 0 Å². The van der Waals surface area contributed by atoms with E-state index in [2.05, 4.69) is 16.9 Å². The molecule has 0 aliphatic rings. The molecule has 18 heavy (non-hydrogen) atoms. The van der Waals surface area contributed by atoms with Crippen molar-refractivity contribution in [1.29, 1.82) is 0 Å². The Morgan fingerprint density at radius 3 is 2.17 bits per heavy atom. The number of pyridine rings is 1. The molecule has 0 saturated carbocycles. The quantitative estimate of drug-likeness (QED) is 0.877. The lowest BCUT2D eigenvalue weighted by Crippen LogP contribution is -2.22. The van der Waals surface area contributed by atoms with Gasteiger partial charge in [0, 0.05) is 7.05 Å². The summed E-state index contributed by atoms with van der Waals surface area (Å²) in [5.41, 5.74) is -0.706. The predicted molar refractivity (Wildman–Crippen MR) is 66.0 cm³/mol. The molecule has 100 valence electrons. The molecule has 0 unspecified atom stereocenters. The first-order chi connectivity index (χ1) is 8.07. The van der Waals surface area contributed by atoms with Gasteiger partial charge >= 0.3 is 6.18 Å². The van der Waals surface area contributed by atoms with Gasteiger partial charge in [0.25, 0.3) is 0 Å². The van der Waals surface area contributed by atoms with Crippen LogP contribution in [-0.2, 0) is 11.6 Å².